The van der Waals surface area contributed by atoms with Crippen LogP contribution in [0.15, 0.2) is 45.1 Å². The molecule has 1 aromatic carbocycles. The fourth-order valence-electron chi connectivity index (χ4n) is 3.24. The number of thioether (sulfide) groups is 1. The van der Waals surface area contributed by atoms with Gasteiger partial charge in [-0.25, -0.2) is 9.78 Å². The van der Waals surface area contributed by atoms with E-state index in [-0.39, 0.29) is 30.2 Å². The van der Waals surface area contributed by atoms with Crippen molar-refractivity contribution in [3.8, 4) is 0 Å². The second kappa shape index (κ2) is 8.31. The Morgan fingerprint density at radius 3 is 2.63 bits per heavy atom. The van der Waals surface area contributed by atoms with Crippen molar-refractivity contribution in [3.63, 3.8) is 0 Å². The third kappa shape index (κ3) is 3.95. The van der Waals surface area contributed by atoms with Crippen LogP contribution in [0.3, 0.4) is 0 Å². The van der Waals surface area contributed by atoms with Gasteiger partial charge in [0.2, 0.25) is 5.16 Å². The van der Waals surface area contributed by atoms with E-state index in [2.05, 4.69) is 15.2 Å². The zero-order valence-electron chi connectivity index (χ0n) is 16.5. The first kappa shape index (κ1) is 20.1. The summed E-state index contributed by atoms with van der Waals surface area (Å²) in [5.41, 5.74) is 5.64. The lowest BCUT2D eigenvalue weighted by Crippen LogP contribution is -2.44. The smallest absolute Gasteiger partial charge is 0.332 e. The van der Waals surface area contributed by atoms with Crippen LogP contribution in [0.2, 0.25) is 0 Å². The topological polar surface area (TPSA) is 129 Å². The molecule has 4 rings (SSSR count). The summed E-state index contributed by atoms with van der Waals surface area (Å²) in [6.45, 7) is 2.00. The molecule has 10 heteroatoms. The third-order valence-electron chi connectivity index (χ3n) is 5.02. The lowest BCUT2D eigenvalue weighted by atomic mass is 10.2. The van der Waals surface area contributed by atoms with Crippen molar-refractivity contribution in [3.05, 3.63) is 68.1 Å². The van der Waals surface area contributed by atoms with Gasteiger partial charge in [-0.3, -0.25) is 23.8 Å². The molecule has 2 aromatic heterocycles. The van der Waals surface area contributed by atoms with Crippen molar-refractivity contribution in [2.75, 3.05) is 11.5 Å². The minimum absolute atomic E-state index is 0.0470. The molecule has 0 saturated heterocycles. The first-order valence-corrected chi connectivity index (χ1v) is 10.7. The zero-order valence-corrected chi connectivity index (χ0v) is 17.3. The number of aromatic nitrogens is 5. The standard InChI is InChI=1S/C20H22N6O3S/c1-2-25-18(28)15(14(27)11-30-19-22-17(23-24-19)13-8-9-13)16(21)26(20(25)29)10-12-6-4-3-5-7-12/h3-7,13H,2,8-11,21H2,1H3,(H,22,23,24). The van der Waals surface area contributed by atoms with Gasteiger partial charge in [-0.2, -0.15) is 0 Å². The average molecular weight is 427 g/mol. The SMILES string of the molecule is CCn1c(=O)c(C(=O)CSc2n[nH]c(C3CC3)n2)c(N)n(Cc2ccccc2)c1=O. The summed E-state index contributed by atoms with van der Waals surface area (Å²) >= 11 is 1.14. The summed E-state index contributed by atoms with van der Waals surface area (Å²) in [7, 11) is 0. The molecule has 0 spiro atoms. The molecule has 0 radical (unpaired) electrons. The van der Waals surface area contributed by atoms with Crippen LogP contribution in [0, 0.1) is 0 Å². The molecule has 0 atom stereocenters. The second-order valence-corrected chi connectivity index (χ2v) is 8.10. The Hall–Kier alpha value is -3.14. The van der Waals surface area contributed by atoms with Gasteiger partial charge in [0.15, 0.2) is 5.78 Å². The van der Waals surface area contributed by atoms with Crippen molar-refractivity contribution in [2.45, 2.75) is 43.9 Å². The van der Waals surface area contributed by atoms with Crippen molar-refractivity contribution < 1.29 is 4.79 Å². The number of hydrogen-bond donors (Lipinski definition) is 2. The first-order valence-electron chi connectivity index (χ1n) is 9.75. The van der Waals surface area contributed by atoms with Crippen LogP contribution < -0.4 is 17.0 Å². The molecule has 2 heterocycles. The lowest BCUT2D eigenvalue weighted by Gasteiger charge is -2.15. The fraction of sp³-hybridized carbons (Fsp3) is 0.350. The normalized spacial score (nSPS) is 13.5. The van der Waals surface area contributed by atoms with Crippen LogP contribution in [0.4, 0.5) is 5.82 Å². The van der Waals surface area contributed by atoms with Gasteiger partial charge in [0, 0.05) is 12.5 Å². The molecule has 30 heavy (non-hydrogen) atoms. The van der Waals surface area contributed by atoms with E-state index in [0.717, 1.165) is 40.6 Å². The number of nitrogens with one attached hydrogen (secondary N) is 1. The van der Waals surface area contributed by atoms with Crippen LogP contribution in [0.25, 0.3) is 0 Å². The van der Waals surface area contributed by atoms with E-state index in [1.165, 1.54) is 4.57 Å². The highest BCUT2D eigenvalue weighted by Gasteiger charge is 2.28. The summed E-state index contributed by atoms with van der Waals surface area (Å²) in [6, 6.07) is 9.27. The molecule has 1 fully saturated rings. The van der Waals surface area contributed by atoms with E-state index in [1.807, 2.05) is 30.3 Å². The summed E-state index contributed by atoms with van der Waals surface area (Å²) < 4.78 is 2.31. The highest BCUT2D eigenvalue weighted by molar-refractivity contribution is 7.99. The molecule has 3 N–H and O–H groups in total. The molecular weight excluding hydrogens is 404 g/mol. The minimum atomic E-state index is -0.663. The molecular formula is C20H22N6O3S. The van der Waals surface area contributed by atoms with Gasteiger partial charge >= 0.3 is 5.69 Å². The molecule has 3 aromatic rings. The van der Waals surface area contributed by atoms with Crippen LogP contribution in [-0.4, -0.2) is 35.9 Å². The molecule has 1 aliphatic carbocycles. The van der Waals surface area contributed by atoms with E-state index in [0.29, 0.717) is 11.1 Å². The zero-order chi connectivity index (χ0) is 21.3. The maximum atomic E-state index is 12.9. The number of nitrogen functional groups attached to an aromatic ring is 1. The molecule has 0 unspecified atom stereocenters. The van der Waals surface area contributed by atoms with E-state index in [9.17, 15) is 14.4 Å². The van der Waals surface area contributed by atoms with Gasteiger partial charge in [0.1, 0.15) is 17.2 Å². The van der Waals surface area contributed by atoms with Crippen LogP contribution in [0.5, 0.6) is 0 Å². The van der Waals surface area contributed by atoms with Gasteiger partial charge in [-0.15, -0.1) is 5.10 Å². The number of aromatic amines is 1. The summed E-state index contributed by atoms with van der Waals surface area (Å²) in [4.78, 5) is 42.9. The summed E-state index contributed by atoms with van der Waals surface area (Å²) in [5, 5.41) is 7.46. The van der Waals surface area contributed by atoms with Crippen LogP contribution in [0.1, 0.15) is 47.4 Å². The molecule has 0 aliphatic heterocycles. The number of nitrogens with zero attached hydrogens (tertiary/aromatic N) is 4. The number of rotatable bonds is 8. The molecule has 1 saturated carbocycles. The number of hydrogen-bond acceptors (Lipinski definition) is 7. The Morgan fingerprint density at radius 2 is 1.97 bits per heavy atom. The first-order chi connectivity index (χ1) is 14.5. The number of anilines is 1. The van der Waals surface area contributed by atoms with Crippen molar-refractivity contribution in [1.82, 2.24) is 24.3 Å². The van der Waals surface area contributed by atoms with E-state index >= 15 is 0 Å². The Kier molecular flexibility index (Phi) is 5.58. The number of H-pyrrole nitrogens is 1. The van der Waals surface area contributed by atoms with Gasteiger partial charge in [-0.05, 0) is 25.3 Å². The number of carbonyl (C=O) groups excluding carboxylic acids is 1. The minimum Gasteiger partial charge on any atom is -0.384 e. The monoisotopic (exact) mass is 426 g/mol. The molecule has 1 aliphatic rings. The number of nitrogens with two attached hydrogens (primary N) is 1. The quantitative estimate of drug-likeness (QED) is 0.414. The molecule has 156 valence electrons. The van der Waals surface area contributed by atoms with Crippen molar-refractivity contribution in [1.29, 1.82) is 0 Å². The van der Waals surface area contributed by atoms with Gasteiger partial charge in [-0.1, -0.05) is 42.1 Å². The summed E-state index contributed by atoms with van der Waals surface area (Å²) in [5.74, 6) is 0.641. The van der Waals surface area contributed by atoms with Crippen LogP contribution >= 0.6 is 11.8 Å². The predicted octanol–water partition coefficient (Wildman–Crippen LogP) is 1.63. The molecule has 0 amide bonds. The highest BCUT2D eigenvalue weighted by atomic mass is 32.2. The third-order valence-corrected chi connectivity index (χ3v) is 5.87. The maximum absolute atomic E-state index is 12.9. The lowest BCUT2D eigenvalue weighted by molar-refractivity contribution is 0.102. The van der Waals surface area contributed by atoms with Gasteiger partial charge < -0.3 is 5.73 Å². The largest absolute Gasteiger partial charge is 0.384 e. The van der Waals surface area contributed by atoms with Gasteiger partial charge in [0.05, 0.1) is 12.3 Å². The number of benzene rings is 1. The predicted molar refractivity (Wildman–Crippen MR) is 114 cm³/mol. The van der Waals surface area contributed by atoms with Crippen molar-refractivity contribution >= 4 is 23.4 Å². The molecule has 0 bridgehead atoms. The Labute approximate surface area is 176 Å². The second-order valence-electron chi connectivity index (χ2n) is 7.15. The molecule has 9 nitrogen and oxygen atoms in total. The number of ketones is 1. The average Bonchev–Trinajstić information content (AvgIpc) is 3.49. The van der Waals surface area contributed by atoms with E-state index < -0.39 is 17.0 Å². The Bertz CT molecular complexity index is 1190. The van der Waals surface area contributed by atoms with E-state index in [4.69, 9.17) is 5.73 Å². The van der Waals surface area contributed by atoms with Gasteiger partial charge in [0.25, 0.3) is 5.56 Å². The fourth-order valence-corrected chi connectivity index (χ4v) is 3.92. The van der Waals surface area contributed by atoms with E-state index in [1.54, 1.807) is 6.92 Å². The highest BCUT2D eigenvalue weighted by Crippen LogP contribution is 2.38. The number of Topliss-reactive ketones (excluding diaryl/α,β-unsaturated/α-hetero) is 1. The van der Waals surface area contributed by atoms with Crippen molar-refractivity contribution in [2.24, 2.45) is 0 Å². The Morgan fingerprint density at radius 1 is 1.23 bits per heavy atom. The summed E-state index contributed by atoms with van der Waals surface area (Å²) in [6.07, 6.45) is 2.18. The maximum Gasteiger partial charge on any atom is 0.332 e. The van der Waals surface area contributed by atoms with Crippen LogP contribution in [-0.2, 0) is 13.1 Å². The number of carbonyl (C=O) groups is 1. The Balaban J connectivity index is 1.63.